The minimum Gasteiger partial charge on any atom is -0.494 e. The molecular weight excluding hydrogens is 550 g/mol. The molecular formula is C33H33N3O7. The van der Waals surface area contributed by atoms with Crippen molar-refractivity contribution < 1.29 is 34.1 Å². The maximum Gasteiger partial charge on any atom is 0.244 e. The Morgan fingerprint density at radius 2 is 1.67 bits per heavy atom. The molecule has 5 N–H and O–H groups in total. The number of hydrogen-bond acceptors (Lipinski definition) is 7. The number of hydrogen-bond donors (Lipinski definition) is 5. The number of aromatic nitrogens is 1. The van der Waals surface area contributed by atoms with Crippen molar-refractivity contribution in [3.63, 3.8) is 0 Å². The third-order valence-electron chi connectivity index (χ3n) is 7.42. The first kappa shape index (κ1) is 29.2. The molecule has 2 amide bonds. The number of rotatable bonds is 10. The Bertz CT molecular complexity index is 1720. The van der Waals surface area contributed by atoms with E-state index in [0.717, 1.165) is 21.9 Å². The molecule has 1 aliphatic heterocycles. The Kier molecular flexibility index (Phi) is 8.38. The van der Waals surface area contributed by atoms with Crippen LogP contribution in [-0.2, 0) is 9.59 Å². The Balaban J connectivity index is 1.36. The minimum atomic E-state index is -0.980. The maximum atomic E-state index is 13.4. The van der Waals surface area contributed by atoms with E-state index in [1.807, 2.05) is 42.5 Å². The molecule has 0 fully saturated rings. The molecule has 0 radical (unpaired) electrons. The van der Waals surface area contributed by atoms with Gasteiger partial charge in [0.05, 0.1) is 24.1 Å². The fraction of sp³-hybridized carbons (Fsp3) is 0.242. The van der Waals surface area contributed by atoms with Crippen molar-refractivity contribution in [2.24, 2.45) is 5.92 Å². The highest BCUT2D eigenvalue weighted by atomic mass is 16.7. The molecule has 43 heavy (non-hydrogen) atoms. The summed E-state index contributed by atoms with van der Waals surface area (Å²) in [5.41, 5.74) is 1.57. The van der Waals surface area contributed by atoms with E-state index >= 15 is 0 Å². The van der Waals surface area contributed by atoms with Gasteiger partial charge in [-0.2, -0.15) is 0 Å². The molecule has 1 unspecified atom stereocenters. The molecule has 5 rings (SSSR count). The van der Waals surface area contributed by atoms with Crippen LogP contribution in [0.2, 0.25) is 0 Å². The Morgan fingerprint density at radius 3 is 2.40 bits per heavy atom. The summed E-state index contributed by atoms with van der Waals surface area (Å²) in [6.45, 7) is 5.19. The van der Waals surface area contributed by atoms with Crippen molar-refractivity contribution in [3.05, 3.63) is 89.0 Å². The van der Waals surface area contributed by atoms with Crippen LogP contribution in [-0.4, -0.2) is 45.6 Å². The van der Waals surface area contributed by atoms with E-state index in [9.17, 15) is 24.6 Å². The summed E-state index contributed by atoms with van der Waals surface area (Å²) in [5.74, 6) is -1.29. The number of benzene rings is 3. The van der Waals surface area contributed by atoms with Gasteiger partial charge in [-0.25, -0.2) is 0 Å². The number of carbonyl (C=O) groups excluding carboxylic acids is 3. The second kappa shape index (κ2) is 12.3. The Labute approximate surface area is 248 Å². The van der Waals surface area contributed by atoms with Gasteiger partial charge in [0.1, 0.15) is 0 Å². The van der Waals surface area contributed by atoms with Crippen LogP contribution in [0.25, 0.3) is 16.8 Å². The van der Waals surface area contributed by atoms with Crippen molar-refractivity contribution in [2.75, 3.05) is 6.79 Å². The summed E-state index contributed by atoms with van der Waals surface area (Å²) >= 11 is 0. The van der Waals surface area contributed by atoms with E-state index < -0.39 is 35.6 Å². The second-order valence-electron chi connectivity index (χ2n) is 10.8. The van der Waals surface area contributed by atoms with Crippen LogP contribution in [0.4, 0.5) is 0 Å². The zero-order valence-corrected chi connectivity index (χ0v) is 24.0. The van der Waals surface area contributed by atoms with E-state index in [2.05, 4.69) is 15.6 Å². The zero-order valence-electron chi connectivity index (χ0n) is 24.0. The topological polar surface area (TPSA) is 150 Å². The lowest BCUT2D eigenvalue weighted by molar-refractivity contribution is -0.123. The lowest BCUT2D eigenvalue weighted by atomic mass is 9.93. The summed E-state index contributed by atoms with van der Waals surface area (Å²) in [4.78, 5) is 42.2. The number of ketones is 1. The number of Topliss-reactive ketones (excluding diaryl/α,β-unsaturated/α-hetero) is 1. The monoisotopic (exact) mass is 583 g/mol. The van der Waals surface area contributed by atoms with Gasteiger partial charge in [0, 0.05) is 11.6 Å². The lowest BCUT2D eigenvalue weighted by Gasteiger charge is -2.24. The summed E-state index contributed by atoms with van der Waals surface area (Å²) in [5, 5.41) is 27.8. The second-order valence-corrected chi connectivity index (χ2v) is 10.8. The number of amides is 2. The van der Waals surface area contributed by atoms with Gasteiger partial charge in [-0.3, -0.25) is 19.4 Å². The Morgan fingerprint density at radius 1 is 0.930 bits per heavy atom. The number of H-pyrrole nitrogens is 1. The quantitative estimate of drug-likeness (QED) is 0.132. The molecule has 10 nitrogen and oxygen atoms in total. The van der Waals surface area contributed by atoms with Crippen LogP contribution in [0.5, 0.6) is 23.3 Å². The van der Waals surface area contributed by atoms with Gasteiger partial charge in [-0.15, -0.1) is 0 Å². The highest BCUT2D eigenvalue weighted by Gasteiger charge is 2.31. The molecule has 0 saturated carbocycles. The number of ether oxygens (including phenoxy) is 2. The molecule has 2 heterocycles. The molecule has 2 atom stereocenters. The molecule has 0 aliphatic carbocycles. The first-order valence-electron chi connectivity index (χ1n) is 13.9. The molecule has 222 valence electrons. The van der Waals surface area contributed by atoms with Gasteiger partial charge in [0.25, 0.3) is 0 Å². The number of carbonyl (C=O) groups is 3. The summed E-state index contributed by atoms with van der Waals surface area (Å²) < 4.78 is 10.7. The number of fused-ring (bicyclic) bond motifs is 2. The number of nitrogens with one attached hydrogen (secondary N) is 3. The minimum absolute atomic E-state index is 0.0791. The number of aromatic amines is 1. The molecule has 1 aromatic heterocycles. The van der Waals surface area contributed by atoms with Crippen molar-refractivity contribution >= 4 is 34.4 Å². The summed E-state index contributed by atoms with van der Waals surface area (Å²) in [6.07, 6.45) is 2.87. The standard InChI is InChI=1S/C33H33N3O7/c1-18(2)30(31(39)29-19(3)32(40)36-33(29)41)35-28(38)16-24(23-11-10-21-6-4-5-7-22(21)15-23)34-27(37)13-9-20-8-12-25-26(14-20)43-17-42-25/h4-15,18,24,30,36,40-41H,16-17H2,1-3H3,(H,34,37)(H,35,38)/t24?,30-/m0/s1. The molecule has 0 bridgehead atoms. The van der Waals surface area contributed by atoms with E-state index in [4.69, 9.17) is 9.47 Å². The van der Waals surface area contributed by atoms with Crippen molar-refractivity contribution in [2.45, 2.75) is 39.3 Å². The predicted octanol–water partition coefficient (Wildman–Crippen LogP) is 4.90. The normalized spacial score (nSPS) is 13.8. The lowest BCUT2D eigenvalue weighted by Crippen LogP contribution is -2.45. The number of aromatic hydroxyl groups is 2. The van der Waals surface area contributed by atoms with E-state index in [1.54, 1.807) is 38.1 Å². The average molecular weight is 584 g/mol. The Hall–Kier alpha value is -5.25. The predicted molar refractivity (Wildman–Crippen MR) is 161 cm³/mol. The smallest absolute Gasteiger partial charge is 0.244 e. The van der Waals surface area contributed by atoms with Crippen LogP contribution in [0.15, 0.2) is 66.7 Å². The van der Waals surface area contributed by atoms with Crippen molar-refractivity contribution in [3.8, 4) is 23.3 Å². The van der Waals surface area contributed by atoms with E-state index in [1.165, 1.54) is 13.0 Å². The fourth-order valence-corrected chi connectivity index (χ4v) is 5.06. The van der Waals surface area contributed by atoms with Gasteiger partial charge in [0.15, 0.2) is 23.2 Å². The molecule has 0 saturated heterocycles. The van der Waals surface area contributed by atoms with Crippen LogP contribution in [0, 0.1) is 12.8 Å². The maximum absolute atomic E-state index is 13.4. The van der Waals surface area contributed by atoms with E-state index in [-0.39, 0.29) is 36.1 Å². The van der Waals surface area contributed by atoms with Crippen LogP contribution in [0.3, 0.4) is 0 Å². The van der Waals surface area contributed by atoms with Gasteiger partial charge in [-0.05, 0) is 59.0 Å². The molecule has 0 spiro atoms. The van der Waals surface area contributed by atoms with Gasteiger partial charge < -0.3 is 30.3 Å². The van der Waals surface area contributed by atoms with Gasteiger partial charge >= 0.3 is 0 Å². The third-order valence-corrected chi connectivity index (χ3v) is 7.42. The fourth-order valence-electron chi connectivity index (χ4n) is 5.06. The largest absolute Gasteiger partial charge is 0.494 e. The molecule has 4 aromatic rings. The highest BCUT2D eigenvalue weighted by Crippen LogP contribution is 2.33. The van der Waals surface area contributed by atoms with Crippen LogP contribution < -0.4 is 20.1 Å². The first-order chi connectivity index (χ1) is 20.6. The van der Waals surface area contributed by atoms with Crippen molar-refractivity contribution in [1.29, 1.82) is 0 Å². The zero-order chi connectivity index (χ0) is 30.7. The van der Waals surface area contributed by atoms with Gasteiger partial charge in [-0.1, -0.05) is 56.3 Å². The summed E-state index contributed by atoms with van der Waals surface area (Å²) in [7, 11) is 0. The molecule has 1 aliphatic rings. The first-order valence-corrected chi connectivity index (χ1v) is 13.9. The van der Waals surface area contributed by atoms with Crippen LogP contribution in [0.1, 0.15) is 53.4 Å². The van der Waals surface area contributed by atoms with Crippen molar-refractivity contribution in [1.82, 2.24) is 15.6 Å². The SMILES string of the molecule is Cc1c(O)[nH]c(O)c1C(=O)[C@@H](NC(=O)CC(NC(=O)C=Cc1ccc2c(c1)OCO2)c1ccc2ccccc2c1)C(C)C. The average Bonchev–Trinajstić information content (AvgIpc) is 3.56. The van der Waals surface area contributed by atoms with Crippen LogP contribution >= 0.6 is 0 Å². The third kappa shape index (κ3) is 6.48. The molecule has 3 aromatic carbocycles. The summed E-state index contributed by atoms with van der Waals surface area (Å²) in [6, 6.07) is 17.1. The van der Waals surface area contributed by atoms with E-state index in [0.29, 0.717) is 11.5 Å². The van der Waals surface area contributed by atoms with Gasteiger partial charge in [0.2, 0.25) is 24.5 Å². The highest BCUT2D eigenvalue weighted by molar-refractivity contribution is 6.05. The molecule has 10 heteroatoms.